The van der Waals surface area contributed by atoms with Gasteiger partial charge in [-0.25, -0.2) is 0 Å². The van der Waals surface area contributed by atoms with Crippen LogP contribution in [0.3, 0.4) is 0 Å². The molecule has 88 valence electrons. The first-order valence-corrected chi connectivity index (χ1v) is 5.63. The standard InChI is InChI=1S/C12H13N3OS/c1-2-14-12(17)10(8-13)11(16)15-9-6-4-3-5-7-9/h3-7,10H,2H2,1H3,(H,14,17)(H,15,16). The van der Waals surface area contributed by atoms with Crippen LogP contribution in [-0.4, -0.2) is 17.4 Å². The molecule has 0 aliphatic carbocycles. The number of para-hydroxylation sites is 1. The minimum atomic E-state index is -0.954. The van der Waals surface area contributed by atoms with Gasteiger partial charge in [0.05, 0.1) is 6.07 Å². The second kappa shape index (κ2) is 6.61. The Morgan fingerprint density at radius 3 is 2.65 bits per heavy atom. The lowest BCUT2D eigenvalue weighted by atomic mass is 10.1. The smallest absolute Gasteiger partial charge is 0.248 e. The Hall–Kier alpha value is -1.93. The van der Waals surface area contributed by atoms with Gasteiger partial charge in [-0.15, -0.1) is 0 Å². The maximum Gasteiger partial charge on any atom is 0.248 e. The van der Waals surface area contributed by atoms with Gasteiger partial charge in [0.25, 0.3) is 0 Å². The highest BCUT2D eigenvalue weighted by molar-refractivity contribution is 7.80. The second-order valence-electron chi connectivity index (χ2n) is 3.31. The molecule has 1 unspecified atom stereocenters. The molecule has 0 saturated heterocycles. The van der Waals surface area contributed by atoms with Crippen molar-refractivity contribution >= 4 is 28.8 Å². The van der Waals surface area contributed by atoms with E-state index in [1.165, 1.54) is 0 Å². The van der Waals surface area contributed by atoms with Gasteiger partial charge in [-0.3, -0.25) is 4.79 Å². The fraction of sp³-hybridized carbons (Fsp3) is 0.250. The van der Waals surface area contributed by atoms with Crippen LogP contribution < -0.4 is 10.6 Å². The molecule has 1 rings (SSSR count). The number of hydrogen-bond donors (Lipinski definition) is 2. The average molecular weight is 247 g/mol. The summed E-state index contributed by atoms with van der Waals surface area (Å²) in [4.78, 5) is 12.1. The van der Waals surface area contributed by atoms with Crippen LogP contribution in [0.1, 0.15) is 6.92 Å². The third kappa shape index (κ3) is 3.85. The summed E-state index contributed by atoms with van der Waals surface area (Å²) in [6.45, 7) is 2.45. The molecule has 1 aromatic rings. The molecule has 0 aliphatic rings. The van der Waals surface area contributed by atoms with Gasteiger partial charge in [-0.2, -0.15) is 5.26 Å². The van der Waals surface area contributed by atoms with Gasteiger partial charge in [0, 0.05) is 12.2 Å². The molecular formula is C12H13N3OS. The lowest BCUT2D eigenvalue weighted by Crippen LogP contribution is -2.35. The molecule has 17 heavy (non-hydrogen) atoms. The maximum absolute atomic E-state index is 11.8. The average Bonchev–Trinajstić information content (AvgIpc) is 2.31. The number of rotatable bonds is 4. The van der Waals surface area contributed by atoms with E-state index in [4.69, 9.17) is 17.5 Å². The largest absolute Gasteiger partial charge is 0.378 e. The van der Waals surface area contributed by atoms with Crippen molar-refractivity contribution in [3.05, 3.63) is 30.3 Å². The Kier molecular flexibility index (Phi) is 5.11. The van der Waals surface area contributed by atoms with E-state index in [1.807, 2.05) is 19.1 Å². The molecule has 0 fully saturated rings. The predicted molar refractivity (Wildman–Crippen MR) is 70.4 cm³/mol. The van der Waals surface area contributed by atoms with E-state index in [-0.39, 0.29) is 4.99 Å². The molecule has 4 nitrogen and oxygen atoms in total. The molecule has 0 bridgehead atoms. The van der Waals surface area contributed by atoms with Gasteiger partial charge in [0.2, 0.25) is 5.91 Å². The Bertz CT molecular complexity index is 439. The van der Waals surface area contributed by atoms with Gasteiger partial charge in [-0.1, -0.05) is 30.4 Å². The number of carbonyl (C=O) groups excluding carboxylic acids is 1. The van der Waals surface area contributed by atoms with Gasteiger partial charge < -0.3 is 10.6 Å². The number of thiocarbonyl (C=S) groups is 1. The molecule has 1 amide bonds. The van der Waals surface area contributed by atoms with Crippen molar-refractivity contribution in [3.63, 3.8) is 0 Å². The highest BCUT2D eigenvalue weighted by atomic mass is 32.1. The van der Waals surface area contributed by atoms with E-state index >= 15 is 0 Å². The van der Waals surface area contributed by atoms with E-state index < -0.39 is 11.8 Å². The van der Waals surface area contributed by atoms with Gasteiger partial charge >= 0.3 is 0 Å². The summed E-state index contributed by atoms with van der Waals surface area (Å²) in [6, 6.07) is 10.9. The minimum Gasteiger partial charge on any atom is -0.378 e. The minimum absolute atomic E-state index is 0.253. The zero-order valence-electron chi connectivity index (χ0n) is 9.43. The highest BCUT2D eigenvalue weighted by Gasteiger charge is 2.22. The van der Waals surface area contributed by atoms with Crippen LogP contribution in [-0.2, 0) is 4.79 Å². The first-order valence-electron chi connectivity index (χ1n) is 5.22. The van der Waals surface area contributed by atoms with Crippen molar-refractivity contribution in [1.82, 2.24) is 5.32 Å². The number of nitrogens with zero attached hydrogens (tertiary/aromatic N) is 1. The van der Waals surface area contributed by atoms with Crippen LogP contribution in [0.4, 0.5) is 5.69 Å². The Labute approximate surface area is 106 Å². The topological polar surface area (TPSA) is 64.9 Å². The van der Waals surface area contributed by atoms with Crippen molar-refractivity contribution in [3.8, 4) is 6.07 Å². The fourth-order valence-electron chi connectivity index (χ4n) is 1.25. The van der Waals surface area contributed by atoms with E-state index in [9.17, 15) is 4.79 Å². The van der Waals surface area contributed by atoms with Gasteiger partial charge in [0.1, 0.15) is 4.99 Å². The van der Waals surface area contributed by atoms with Crippen LogP contribution in [0.25, 0.3) is 0 Å². The fourth-order valence-corrected chi connectivity index (χ4v) is 1.55. The zero-order chi connectivity index (χ0) is 12.7. The number of nitriles is 1. The second-order valence-corrected chi connectivity index (χ2v) is 3.75. The molecule has 0 heterocycles. The summed E-state index contributed by atoms with van der Waals surface area (Å²) in [5.74, 6) is -1.37. The molecule has 0 spiro atoms. The number of nitrogens with one attached hydrogen (secondary N) is 2. The molecule has 1 atom stereocenters. The molecule has 0 aromatic heterocycles. The molecule has 0 aliphatic heterocycles. The monoisotopic (exact) mass is 247 g/mol. The molecule has 2 N–H and O–H groups in total. The highest BCUT2D eigenvalue weighted by Crippen LogP contribution is 2.08. The van der Waals surface area contributed by atoms with Gasteiger partial charge in [0.15, 0.2) is 5.92 Å². The van der Waals surface area contributed by atoms with Crippen LogP contribution in [0.15, 0.2) is 30.3 Å². The Balaban J connectivity index is 2.69. The van der Waals surface area contributed by atoms with E-state index in [1.54, 1.807) is 24.3 Å². The van der Waals surface area contributed by atoms with Crippen molar-refractivity contribution in [1.29, 1.82) is 5.26 Å². The van der Waals surface area contributed by atoms with Crippen molar-refractivity contribution in [2.45, 2.75) is 6.92 Å². The molecular weight excluding hydrogens is 234 g/mol. The van der Waals surface area contributed by atoms with Crippen molar-refractivity contribution in [2.75, 3.05) is 11.9 Å². The number of benzene rings is 1. The maximum atomic E-state index is 11.8. The van der Waals surface area contributed by atoms with Crippen LogP contribution in [0.2, 0.25) is 0 Å². The molecule has 1 aromatic carbocycles. The number of amides is 1. The van der Waals surface area contributed by atoms with Crippen LogP contribution >= 0.6 is 12.2 Å². The zero-order valence-corrected chi connectivity index (χ0v) is 10.3. The Morgan fingerprint density at radius 2 is 2.12 bits per heavy atom. The number of carbonyl (C=O) groups is 1. The lowest BCUT2D eigenvalue weighted by Gasteiger charge is -2.12. The van der Waals surface area contributed by atoms with Crippen LogP contribution in [0, 0.1) is 17.2 Å². The van der Waals surface area contributed by atoms with E-state index in [0.717, 1.165) is 0 Å². The van der Waals surface area contributed by atoms with E-state index in [0.29, 0.717) is 12.2 Å². The van der Waals surface area contributed by atoms with Crippen molar-refractivity contribution < 1.29 is 4.79 Å². The number of anilines is 1. The first-order chi connectivity index (χ1) is 8.19. The summed E-state index contributed by atoms with van der Waals surface area (Å²) in [7, 11) is 0. The summed E-state index contributed by atoms with van der Waals surface area (Å²) >= 11 is 4.97. The normalized spacial score (nSPS) is 11.1. The van der Waals surface area contributed by atoms with Crippen LogP contribution in [0.5, 0.6) is 0 Å². The number of hydrogen-bond acceptors (Lipinski definition) is 3. The lowest BCUT2D eigenvalue weighted by molar-refractivity contribution is -0.116. The summed E-state index contributed by atoms with van der Waals surface area (Å²) < 4.78 is 0. The summed E-state index contributed by atoms with van der Waals surface area (Å²) in [5.41, 5.74) is 0.650. The first kappa shape index (κ1) is 13.1. The van der Waals surface area contributed by atoms with E-state index in [2.05, 4.69) is 10.6 Å². The quantitative estimate of drug-likeness (QED) is 0.795. The third-order valence-corrected chi connectivity index (χ3v) is 2.43. The SMILES string of the molecule is CCNC(=S)C(C#N)C(=O)Nc1ccccc1. The predicted octanol–water partition coefficient (Wildman–Crippen LogP) is 1.70. The third-order valence-electron chi connectivity index (χ3n) is 2.05. The van der Waals surface area contributed by atoms with Crippen molar-refractivity contribution in [2.24, 2.45) is 5.92 Å². The molecule has 0 saturated carbocycles. The van der Waals surface area contributed by atoms with Gasteiger partial charge in [-0.05, 0) is 19.1 Å². The Morgan fingerprint density at radius 1 is 1.47 bits per heavy atom. The summed E-state index contributed by atoms with van der Waals surface area (Å²) in [6.07, 6.45) is 0. The molecule has 5 heteroatoms. The summed E-state index contributed by atoms with van der Waals surface area (Å²) in [5, 5.41) is 14.4. The molecule has 0 radical (unpaired) electrons.